The molecule has 0 amide bonds. The Morgan fingerprint density at radius 2 is 1.72 bits per heavy atom. The molecule has 2 saturated carbocycles. The molecule has 0 aromatic carbocycles. The molecular weight excluding hydrogens is 220 g/mol. The van der Waals surface area contributed by atoms with Crippen LogP contribution in [0.2, 0.25) is 0 Å². The average molecular weight is 252 g/mol. The average Bonchev–Trinajstić information content (AvgIpc) is 2.34. The molecule has 106 valence electrons. The third-order valence-electron chi connectivity index (χ3n) is 5.43. The molecule has 4 unspecified atom stereocenters. The number of nitrogens with zero attached hydrogens (tertiary/aromatic N) is 1. The van der Waals surface area contributed by atoms with Gasteiger partial charge in [-0.2, -0.15) is 0 Å². The van der Waals surface area contributed by atoms with Crippen molar-refractivity contribution in [2.45, 2.75) is 70.9 Å². The maximum Gasteiger partial charge on any atom is 0.00923 e. The molecule has 4 atom stereocenters. The Morgan fingerprint density at radius 1 is 1.06 bits per heavy atom. The minimum absolute atomic E-state index is 0.426. The van der Waals surface area contributed by atoms with Crippen LogP contribution in [0.1, 0.15) is 58.8 Å². The highest BCUT2D eigenvalue weighted by atomic mass is 15.1. The third kappa shape index (κ3) is 3.48. The zero-order valence-electron chi connectivity index (χ0n) is 12.6. The van der Waals surface area contributed by atoms with Gasteiger partial charge in [-0.1, -0.05) is 33.1 Å². The molecular formula is C16H32N2. The lowest BCUT2D eigenvalue weighted by molar-refractivity contribution is 0.0967. The first kappa shape index (κ1) is 14.3. The molecule has 0 aromatic rings. The van der Waals surface area contributed by atoms with Crippen LogP contribution in [0.25, 0.3) is 0 Å². The normalized spacial score (nSPS) is 39.2. The molecule has 0 saturated heterocycles. The first-order chi connectivity index (χ1) is 8.58. The summed E-state index contributed by atoms with van der Waals surface area (Å²) in [5, 5.41) is 0. The van der Waals surface area contributed by atoms with Crippen molar-refractivity contribution in [3.63, 3.8) is 0 Å². The van der Waals surface area contributed by atoms with Crippen molar-refractivity contribution < 1.29 is 0 Å². The molecule has 0 heterocycles. The van der Waals surface area contributed by atoms with E-state index >= 15 is 0 Å². The Bertz CT molecular complexity index is 235. The molecule has 0 spiro atoms. The van der Waals surface area contributed by atoms with E-state index in [9.17, 15) is 0 Å². The van der Waals surface area contributed by atoms with E-state index in [1.165, 1.54) is 51.5 Å². The van der Waals surface area contributed by atoms with Crippen LogP contribution < -0.4 is 5.73 Å². The van der Waals surface area contributed by atoms with Crippen molar-refractivity contribution >= 4 is 0 Å². The number of nitrogens with two attached hydrogens (primary N) is 1. The Hall–Kier alpha value is -0.0800. The molecule has 18 heavy (non-hydrogen) atoms. The van der Waals surface area contributed by atoms with Gasteiger partial charge in [0, 0.05) is 18.6 Å². The molecule has 2 aliphatic rings. The summed E-state index contributed by atoms with van der Waals surface area (Å²) in [6.07, 6.45) is 9.72. The largest absolute Gasteiger partial charge is 0.327 e. The molecule has 2 N–H and O–H groups in total. The SMILES string of the molecule is CC1CC(C)C(CN(C)C2CCCCC2)C(N)C1. The molecule has 2 aliphatic carbocycles. The Morgan fingerprint density at radius 3 is 2.33 bits per heavy atom. The monoisotopic (exact) mass is 252 g/mol. The van der Waals surface area contributed by atoms with E-state index in [4.69, 9.17) is 5.73 Å². The predicted molar refractivity (Wildman–Crippen MR) is 78.5 cm³/mol. The first-order valence-electron chi connectivity index (χ1n) is 8.03. The van der Waals surface area contributed by atoms with Gasteiger partial charge in [0.1, 0.15) is 0 Å². The van der Waals surface area contributed by atoms with Crippen LogP contribution in [-0.2, 0) is 0 Å². The van der Waals surface area contributed by atoms with Crippen LogP contribution in [0.3, 0.4) is 0 Å². The van der Waals surface area contributed by atoms with E-state index in [0.717, 1.165) is 17.9 Å². The second-order valence-electron chi connectivity index (χ2n) is 7.11. The van der Waals surface area contributed by atoms with Crippen LogP contribution in [0.5, 0.6) is 0 Å². The van der Waals surface area contributed by atoms with Gasteiger partial charge in [-0.05, 0) is 50.5 Å². The summed E-state index contributed by atoms with van der Waals surface area (Å²) in [6.45, 7) is 5.99. The summed E-state index contributed by atoms with van der Waals surface area (Å²) >= 11 is 0. The van der Waals surface area contributed by atoms with Gasteiger partial charge >= 0.3 is 0 Å². The molecule has 0 radical (unpaired) electrons. The molecule has 0 bridgehead atoms. The van der Waals surface area contributed by atoms with Crippen molar-refractivity contribution in [3.8, 4) is 0 Å². The van der Waals surface area contributed by atoms with Crippen LogP contribution >= 0.6 is 0 Å². The molecule has 2 fully saturated rings. The molecule has 2 rings (SSSR count). The van der Waals surface area contributed by atoms with Gasteiger partial charge in [-0.3, -0.25) is 0 Å². The quantitative estimate of drug-likeness (QED) is 0.835. The Balaban J connectivity index is 1.87. The van der Waals surface area contributed by atoms with Crippen molar-refractivity contribution in [2.24, 2.45) is 23.5 Å². The van der Waals surface area contributed by atoms with E-state index in [1.54, 1.807) is 0 Å². The van der Waals surface area contributed by atoms with Gasteiger partial charge in [-0.25, -0.2) is 0 Å². The maximum absolute atomic E-state index is 6.41. The molecule has 2 nitrogen and oxygen atoms in total. The van der Waals surface area contributed by atoms with Crippen LogP contribution in [0.4, 0.5) is 0 Å². The Kier molecular flexibility index (Phi) is 5.08. The summed E-state index contributed by atoms with van der Waals surface area (Å²) < 4.78 is 0. The topological polar surface area (TPSA) is 29.3 Å². The van der Waals surface area contributed by atoms with Gasteiger partial charge in [0.25, 0.3) is 0 Å². The van der Waals surface area contributed by atoms with Crippen LogP contribution in [-0.4, -0.2) is 30.6 Å². The highest BCUT2D eigenvalue weighted by Crippen LogP contribution is 2.34. The van der Waals surface area contributed by atoms with E-state index in [0.29, 0.717) is 12.0 Å². The number of hydrogen-bond acceptors (Lipinski definition) is 2. The van der Waals surface area contributed by atoms with E-state index < -0.39 is 0 Å². The lowest BCUT2D eigenvalue weighted by atomic mass is 9.72. The van der Waals surface area contributed by atoms with Gasteiger partial charge < -0.3 is 10.6 Å². The third-order valence-corrected chi connectivity index (χ3v) is 5.43. The lowest BCUT2D eigenvalue weighted by Gasteiger charge is -2.42. The summed E-state index contributed by atoms with van der Waals surface area (Å²) in [6, 6.07) is 1.26. The second kappa shape index (κ2) is 6.38. The van der Waals surface area contributed by atoms with Gasteiger partial charge in [0.15, 0.2) is 0 Å². The van der Waals surface area contributed by atoms with Gasteiger partial charge in [0.05, 0.1) is 0 Å². The summed E-state index contributed by atoms with van der Waals surface area (Å²) in [4.78, 5) is 2.62. The predicted octanol–water partition coefficient (Wildman–Crippen LogP) is 3.26. The number of hydrogen-bond donors (Lipinski definition) is 1. The van der Waals surface area contributed by atoms with Gasteiger partial charge in [-0.15, -0.1) is 0 Å². The first-order valence-corrected chi connectivity index (χ1v) is 8.03. The zero-order valence-corrected chi connectivity index (χ0v) is 12.6. The highest BCUT2D eigenvalue weighted by molar-refractivity contribution is 4.88. The fraction of sp³-hybridized carbons (Fsp3) is 1.00. The van der Waals surface area contributed by atoms with Crippen LogP contribution in [0.15, 0.2) is 0 Å². The van der Waals surface area contributed by atoms with Crippen molar-refractivity contribution in [2.75, 3.05) is 13.6 Å². The second-order valence-corrected chi connectivity index (χ2v) is 7.11. The van der Waals surface area contributed by atoms with Crippen molar-refractivity contribution in [1.29, 1.82) is 0 Å². The number of rotatable bonds is 3. The minimum atomic E-state index is 0.426. The summed E-state index contributed by atoms with van der Waals surface area (Å²) in [5.74, 6) is 2.34. The molecule has 0 aliphatic heterocycles. The van der Waals surface area contributed by atoms with Gasteiger partial charge in [0.2, 0.25) is 0 Å². The summed E-state index contributed by atoms with van der Waals surface area (Å²) in [7, 11) is 2.33. The lowest BCUT2D eigenvalue weighted by Crippen LogP contribution is -2.48. The fourth-order valence-electron chi connectivity index (χ4n) is 4.29. The highest BCUT2D eigenvalue weighted by Gasteiger charge is 2.33. The smallest absolute Gasteiger partial charge is 0.00923 e. The summed E-state index contributed by atoms with van der Waals surface area (Å²) in [5.41, 5.74) is 6.41. The zero-order chi connectivity index (χ0) is 13.1. The maximum atomic E-state index is 6.41. The van der Waals surface area contributed by atoms with E-state index in [1.807, 2.05) is 0 Å². The van der Waals surface area contributed by atoms with Crippen molar-refractivity contribution in [3.05, 3.63) is 0 Å². The van der Waals surface area contributed by atoms with Crippen molar-refractivity contribution in [1.82, 2.24) is 4.90 Å². The Labute approximate surface area is 113 Å². The standard InChI is InChI=1S/C16H32N2/c1-12-9-13(2)15(16(17)10-12)11-18(3)14-7-5-4-6-8-14/h12-16H,4-11,17H2,1-3H3. The van der Waals surface area contributed by atoms with E-state index in [2.05, 4.69) is 25.8 Å². The minimum Gasteiger partial charge on any atom is -0.327 e. The fourth-order valence-corrected chi connectivity index (χ4v) is 4.29. The van der Waals surface area contributed by atoms with E-state index in [-0.39, 0.29) is 0 Å². The molecule has 0 aromatic heterocycles. The molecule has 2 heteroatoms. The van der Waals surface area contributed by atoms with Crippen LogP contribution in [0, 0.1) is 17.8 Å².